The molecule has 0 aliphatic rings. The van der Waals surface area contributed by atoms with Crippen molar-refractivity contribution < 1.29 is 18.3 Å². The van der Waals surface area contributed by atoms with Gasteiger partial charge >= 0.3 is 0 Å². The van der Waals surface area contributed by atoms with Crippen LogP contribution < -0.4 is 10.0 Å². The summed E-state index contributed by atoms with van der Waals surface area (Å²) in [7, 11) is -3.40. The van der Waals surface area contributed by atoms with Crippen molar-refractivity contribution in [1.29, 1.82) is 0 Å². The molecule has 0 aromatic heterocycles. The fraction of sp³-hybridized carbons (Fsp3) is 0.417. The predicted molar refractivity (Wildman–Crippen MR) is 79.5 cm³/mol. The third-order valence-electron chi connectivity index (χ3n) is 2.36. The lowest BCUT2D eigenvalue weighted by Gasteiger charge is -2.09. The van der Waals surface area contributed by atoms with Crippen molar-refractivity contribution in [2.45, 2.75) is 19.3 Å². The van der Waals surface area contributed by atoms with Gasteiger partial charge < -0.3 is 10.4 Å². The summed E-state index contributed by atoms with van der Waals surface area (Å²) < 4.78 is 24.5. The number of hydrogen-bond acceptors (Lipinski definition) is 4. The molecule has 0 unspecified atom stereocenters. The summed E-state index contributed by atoms with van der Waals surface area (Å²) in [6.45, 7) is 0.0605. The van der Waals surface area contributed by atoms with E-state index in [1.165, 1.54) is 12.1 Å². The number of amides is 1. The molecule has 0 atom stereocenters. The largest absolute Gasteiger partial charge is 0.396 e. The van der Waals surface area contributed by atoms with E-state index in [4.69, 9.17) is 16.7 Å². The molecule has 0 bridgehead atoms. The molecule has 0 aliphatic carbocycles. The van der Waals surface area contributed by atoms with Crippen LogP contribution in [0.25, 0.3) is 0 Å². The van der Waals surface area contributed by atoms with Gasteiger partial charge in [0.2, 0.25) is 15.9 Å². The van der Waals surface area contributed by atoms with E-state index in [0.29, 0.717) is 24.9 Å². The van der Waals surface area contributed by atoms with Crippen LogP contribution >= 0.6 is 11.6 Å². The van der Waals surface area contributed by atoms with Gasteiger partial charge in [-0.15, -0.1) is 0 Å². The lowest BCUT2D eigenvalue weighted by molar-refractivity contribution is -0.116. The molecule has 0 saturated carbocycles. The van der Waals surface area contributed by atoms with Crippen LogP contribution in [-0.4, -0.2) is 32.3 Å². The highest BCUT2D eigenvalue weighted by molar-refractivity contribution is 7.92. The molecule has 6 nitrogen and oxygen atoms in total. The number of sulfonamides is 1. The Kier molecular flexibility index (Phi) is 6.25. The molecule has 0 radical (unpaired) electrons. The first-order valence-corrected chi connectivity index (χ1v) is 8.27. The minimum Gasteiger partial charge on any atom is -0.396 e. The predicted octanol–water partition coefficient (Wildman–Crippen LogP) is 1.81. The summed E-state index contributed by atoms with van der Waals surface area (Å²) in [6.07, 6.45) is 2.51. The number of benzene rings is 1. The first kappa shape index (κ1) is 16.7. The molecule has 20 heavy (non-hydrogen) atoms. The summed E-state index contributed by atoms with van der Waals surface area (Å²) >= 11 is 5.93. The average molecular weight is 321 g/mol. The molecule has 0 spiro atoms. The fourth-order valence-electron chi connectivity index (χ4n) is 1.50. The summed E-state index contributed by atoms with van der Waals surface area (Å²) in [6, 6.07) is 4.51. The van der Waals surface area contributed by atoms with E-state index < -0.39 is 10.0 Å². The van der Waals surface area contributed by atoms with Crippen molar-refractivity contribution in [1.82, 2.24) is 0 Å². The SMILES string of the molecule is CS(=O)(=O)Nc1ccc(NC(=O)CCCCO)cc1Cl. The third-order valence-corrected chi connectivity index (χ3v) is 3.26. The maximum absolute atomic E-state index is 11.6. The van der Waals surface area contributed by atoms with E-state index in [9.17, 15) is 13.2 Å². The van der Waals surface area contributed by atoms with Crippen LogP contribution in [0.1, 0.15) is 19.3 Å². The van der Waals surface area contributed by atoms with Crippen molar-refractivity contribution in [3.63, 3.8) is 0 Å². The number of carbonyl (C=O) groups excluding carboxylic acids is 1. The Morgan fingerprint density at radius 2 is 2.05 bits per heavy atom. The zero-order valence-electron chi connectivity index (χ0n) is 11.0. The summed E-state index contributed by atoms with van der Waals surface area (Å²) in [5, 5.41) is 11.5. The monoisotopic (exact) mass is 320 g/mol. The van der Waals surface area contributed by atoms with E-state index in [-0.39, 0.29) is 23.2 Å². The minimum atomic E-state index is -3.40. The molecular weight excluding hydrogens is 304 g/mol. The van der Waals surface area contributed by atoms with Gasteiger partial charge in [0, 0.05) is 18.7 Å². The van der Waals surface area contributed by atoms with Crippen molar-refractivity contribution in [2.75, 3.05) is 22.9 Å². The van der Waals surface area contributed by atoms with Crippen LogP contribution in [0, 0.1) is 0 Å². The van der Waals surface area contributed by atoms with Gasteiger partial charge in [0.25, 0.3) is 0 Å². The number of unbranched alkanes of at least 4 members (excludes halogenated alkanes) is 1. The molecule has 1 rings (SSSR count). The van der Waals surface area contributed by atoms with Crippen LogP contribution in [0.15, 0.2) is 18.2 Å². The number of aliphatic hydroxyl groups excluding tert-OH is 1. The second kappa shape index (κ2) is 7.47. The average Bonchev–Trinajstić information content (AvgIpc) is 2.31. The normalized spacial score (nSPS) is 11.2. The van der Waals surface area contributed by atoms with E-state index >= 15 is 0 Å². The molecule has 1 aromatic rings. The van der Waals surface area contributed by atoms with Gasteiger partial charge in [0.05, 0.1) is 17.0 Å². The number of anilines is 2. The van der Waals surface area contributed by atoms with E-state index in [1.807, 2.05) is 0 Å². The molecule has 1 amide bonds. The zero-order valence-corrected chi connectivity index (χ0v) is 12.6. The highest BCUT2D eigenvalue weighted by Crippen LogP contribution is 2.26. The standard InChI is InChI=1S/C12H17ClN2O4S/c1-20(18,19)15-11-6-5-9(8-10(11)13)14-12(17)4-2-3-7-16/h5-6,8,15-16H,2-4,7H2,1H3,(H,14,17). The van der Waals surface area contributed by atoms with Crippen LogP contribution in [0.4, 0.5) is 11.4 Å². The lowest BCUT2D eigenvalue weighted by atomic mass is 10.2. The molecule has 1 aromatic carbocycles. The third kappa shape index (κ3) is 6.23. The number of hydrogen-bond donors (Lipinski definition) is 3. The van der Waals surface area contributed by atoms with E-state index in [0.717, 1.165) is 6.26 Å². The first-order valence-electron chi connectivity index (χ1n) is 6.00. The quantitative estimate of drug-likeness (QED) is 0.668. The number of halogens is 1. The van der Waals surface area contributed by atoms with Crippen LogP contribution in [-0.2, 0) is 14.8 Å². The van der Waals surface area contributed by atoms with Crippen LogP contribution in [0.2, 0.25) is 5.02 Å². The van der Waals surface area contributed by atoms with E-state index in [2.05, 4.69) is 10.0 Å². The molecule has 0 aliphatic heterocycles. The van der Waals surface area contributed by atoms with Gasteiger partial charge in [-0.3, -0.25) is 9.52 Å². The van der Waals surface area contributed by atoms with Gasteiger partial charge in [0.1, 0.15) is 0 Å². The zero-order chi connectivity index (χ0) is 15.2. The Balaban J connectivity index is 2.65. The molecule has 0 saturated heterocycles. The van der Waals surface area contributed by atoms with Crippen molar-refractivity contribution in [3.8, 4) is 0 Å². The first-order chi connectivity index (χ1) is 9.31. The summed E-state index contributed by atoms with van der Waals surface area (Å²) in [5.74, 6) is -0.182. The Morgan fingerprint density at radius 1 is 1.35 bits per heavy atom. The maximum Gasteiger partial charge on any atom is 0.229 e. The molecule has 0 fully saturated rings. The summed E-state index contributed by atoms with van der Waals surface area (Å²) in [5.41, 5.74) is 0.746. The number of carbonyl (C=O) groups is 1. The smallest absolute Gasteiger partial charge is 0.229 e. The van der Waals surface area contributed by atoms with Gasteiger partial charge in [-0.25, -0.2) is 8.42 Å². The van der Waals surface area contributed by atoms with Crippen LogP contribution in [0.3, 0.4) is 0 Å². The van der Waals surface area contributed by atoms with Gasteiger partial charge in [-0.05, 0) is 31.0 Å². The topological polar surface area (TPSA) is 95.5 Å². The van der Waals surface area contributed by atoms with Gasteiger partial charge in [0.15, 0.2) is 0 Å². The number of aliphatic hydroxyl groups is 1. The van der Waals surface area contributed by atoms with Crippen molar-refractivity contribution >= 4 is 38.9 Å². The fourth-order valence-corrected chi connectivity index (χ4v) is 2.36. The Labute approximate surface area is 123 Å². The maximum atomic E-state index is 11.6. The van der Waals surface area contributed by atoms with Gasteiger partial charge in [-0.2, -0.15) is 0 Å². The number of nitrogens with one attached hydrogen (secondary N) is 2. The molecule has 0 heterocycles. The molecule has 8 heteroatoms. The highest BCUT2D eigenvalue weighted by atomic mass is 35.5. The second-order valence-electron chi connectivity index (χ2n) is 4.30. The minimum absolute atomic E-state index is 0.0605. The highest BCUT2D eigenvalue weighted by Gasteiger charge is 2.08. The Hall–Kier alpha value is -1.31. The van der Waals surface area contributed by atoms with Crippen molar-refractivity contribution in [2.24, 2.45) is 0 Å². The molecular formula is C12H17ClN2O4S. The van der Waals surface area contributed by atoms with Crippen molar-refractivity contribution in [3.05, 3.63) is 23.2 Å². The Morgan fingerprint density at radius 3 is 2.60 bits per heavy atom. The summed E-state index contributed by atoms with van der Waals surface area (Å²) in [4.78, 5) is 11.6. The van der Waals surface area contributed by atoms with Crippen LogP contribution in [0.5, 0.6) is 0 Å². The molecule has 3 N–H and O–H groups in total. The lowest BCUT2D eigenvalue weighted by Crippen LogP contribution is -2.12. The van der Waals surface area contributed by atoms with E-state index in [1.54, 1.807) is 6.07 Å². The second-order valence-corrected chi connectivity index (χ2v) is 6.45. The van der Waals surface area contributed by atoms with Gasteiger partial charge in [-0.1, -0.05) is 11.6 Å². The number of rotatable bonds is 7. The Bertz CT molecular complexity index is 575. The molecule has 112 valence electrons.